The van der Waals surface area contributed by atoms with E-state index in [2.05, 4.69) is 14.9 Å². The van der Waals surface area contributed by atoms with Crippen LogP contribution < -0.4 is 10.1 Å². The SMILES string of the molecule is O=C(CCCOc1ccc(Cl)cc1Cl)NCc1cn2c(n1)CCCC2. The number of benzene rings is 1. The lowest BCUT2D eigenvalue weighted by molar-refractivity contribution is -0.121. The molecule has 0 unspecified atom stereocenters. The number of aromatic nitrogens is 2. The first kappa shape index (κ1) is 18.1. The van der Waals surface area contributed by atoms with Crippen molar-refractivity contribution in [1.29, 1.82) is 0 Å². The molecule has 25 heavy (non-hydrogen) atoms. The van der Waals surface area contributed by atoms with Crippen molar-refractivity contribution in [3.05, 3.63) is 46.0 Å². The van der Waals surface area contributed by atoms with E-state index in [0.29, 0.717) is 41.8 Å². The fourth-order valence-corrected chi connectivity index (χ4v) is 3.30. The lowest BCUT2D eigenvalue weighted by Gasteiger charge is -2.11. The summed E-state index contributed by atoms with van der Waals surface area (Å²) in [5.41, 5.74) is 0.925. The van der Waals surface area contributed by atoms with Crippen LogP contribution in [0.15, 0.2) is 24.4 Å². The van der Waals surface area contributed by atoms with Gasteiger partial charge in [0.15, 0.2) is 0 Å². The quantitative estimate of drug-likeness (QED) is 0.737. The second-order valence-corrected chi connectivity index (χ2v) is 6.95. The van der Waals surface area contributed by atoms with Gasteiger partial charge in [-0.3, -0.25) is 4.79 Å². The average Bonchev–Trinajstić information content (AvgIpc) is 3.01. The molecule has 5 nitrogen and oxygen atoms in total. The standard InChI is InChI=1S/C18H21Cl2N3O2/c19-13-6-7-16(15(20)10-13)25-9-3-5-18(24)21-11-14-12-23-8-2-1-4-17(23)22-14/h6-7,10,12H,1-5,8-9,11H2,(H,21,24). The second kappa shape index (κ2) is 8.59. The number of nitrogens with zero attached hydrogens (tertiary/aromatic N) is 2. The molecule has 0 saturated carbocycles. The fraction of sp³-hybridized carbons (Fsp3) is 0.444. The van der Waals surface area contributed by atoms with Crippen molar-refractivity contribution in [2.45, 2.75) is 45.2 Å². The van der Waals surface area contributed by atoms with Crippen molar-refractivity contribution < 1.29 is 9.53 Å². The number of hydrogen-bond acceptors (Lipinski definition) is 3. The topological polar surface area (TPSA) is 56.1 Å². The van der Waals surface area contributed by atoms with Gasteiger partial charge >= 0.3 is 0 Å². The normalized spacial score (nSPS) is 13.4. The summed E-state index contributed by atoms with van der Waals surface area (Å²) in [4.78, 5) is 16.5. The van der Waals surface area contributed by atoms with Crippen molar-refractivity contribution in [2.75, 3.05) is 6.61 Å². The van der Waals surface area contributed by atoms with Gasteiger partial charge in [0.25, 0.3) is 0 Å². The highest BCUT2D eigenvalue weighted by Gasteiger charge is 2.12. The van der Waals surface area contributed by atoms with Gasteiger partial charge in [-0.05, 0) is 37.5 Å². The van der Waals surface area contributed by atoms with Crippen LogP contribution in [-0.4, -0.2) is 22.1 Å². The van der Waals surface area contributed by atoms with E-state index in [4.69, 9.17) is 27.9 Å². The Hall–Kier alpha value is -1.72. The predicted octanol–water partition coefficient (Wildman–Crippen LogP) is 4.00. The molecule has 0 atom stereocenters. The lowest BCUT2D eigenvalue weighted by Crippen LogP contribution is -2.23. The van der Waals surface area contributed by atoms with Gasteiger partial charge < -0.3 is 14.6 Å². The molecule has 0 aliphatic carbocycles. The second-order valence-electron chi connectivity index (χ2n) is 6.10. The molecule has 0 saturated heterocycles. The number of carbonyl (C=O) groups is 1. The van der Waals surface area contributed by atoms with E-state index in [1.807, 2.05) is 6.20 Å². The minimum atomic E-state index is -0.00299. The highest BCUT2D eigenvalue weighted by atomic mass is 35.5. The molecule has 2 aromatic rings. The molecule has 0 bridgehead atoms. The molecule has 1 aliphatic heterocycles. The van der Waals surface area contributed by atoms with Gasteiger partial charge in [-0.1, -0.05) is 23.2 Å². The van der Waals surface area contributed by atoms with Crippen molar-refractivity contribution in [3.63, 3.8) is 0 Å². The molecule has 0 radical (unpaired) electrons. The van der Waals surface area contributed by atoms with Crippen LogP contribution in [0.25, 0.3) is 0 Å². The number of rotatable bonds is 7. The van der Waals surface area contributed by atoms with E-state index in [-0.39, 0.29) is 5.91 Å². The van der Waals surface area contributed by atoms with E-state index in [9.17, 15) is 4.79 Å². The van der Waals surface area contributed by atoms with Crippen molar-refractivity contribution in [3.8, 4) is 5.75 Å². The van der Waals surface area contributed by atoms with Crippen LogP contribution in [0, 0.1) is 0 Å². The van der Waals surface area contributed by atoms with Gasteiger partial charge in [0.1, 0.15) is 11.6 Å². The first-order valence-electron chi connectivity index (χ1n) is 8.51. The van der Waals surface area contributed by atoms with E-state index in [1.54, 1.807) is 18.2 Å². The predicted molar refractivity (Wildman–Crippen MR) is 98.2 cm³/mol. The Morgan fingerprint density at radius 2 is 2.20 bits per heavy atom. The maximum Gasteiger partial charge on any atom is 0.220 e. The summed E-state index contributed by atoms with van der Waals surface area (Å²) in [6.45, 7) is 1.93. The van der Waals surface area contributed by atoms with Gasteiger partial charge in [-0.2, -0.15) is 0 Å². The number of halogens is 2. The summed E-state index contributed by atoms with van der Waals surface area (Å²) >= 11 is 11.9. The number of ether oxygens (including phenoxy) is 1. The average molecular weight is 382 g/mol. The highest BCUT2D eigenvalue weighted by Crippen LogP contribution is 2.27. The van der Waals surface area contributed by atoms with Crippen molar-refractivity contribution in [1.82, 2.24) is 14.9 Å². The minimum absolute atomic E-state index is 0.00299. The van der Waals surface area contributed by atoms with Crippen LogP contribution in [0.4, 0.5) is 0 Å². The molecule has 1 aliphatic rings. The van der Waals surface area contributed by atoms with Crippen LogP contribution in [-0.2, 0) is 24.3 Å². The van der Waals surface area contributed by atoms with Crippen LogP contribution >= 0.6 is 23.2 Å². The fourth-order valence-electron chi connectivity index (χ4n) is 2.84. The van der Waals surface area contributed by atoms with Gasteiger partial charge in [0, 0.05) is 30.6 Å². The third kappa shape index (κ3) is 5.13. The third-order valence-corrected chi connectivity index (χ3v) is 4.66. The summed E-state index contributed by atoms with van der Waals surface area (Å²) < 4.78 is 7.76. The molecule has 0 fully saturated rings. The number of imidazole rings is 1. The molecule has 1 aromatic heterocycles. The molecule has 1 amide bonds. The molecule has 134 valence electrons. The zero-order valence-electron chi connectivity index (χ0n) is 13.9. The van der Waals surface area contributed by atoms with Crippen LogP contribution in [0.2, 0.25) is 10.0 Å². The van der Waals surface area contributed by atoms with Gasteiger partial charge in [-0.25, -0.2) is 4.98 Å². The largest absolute Gasteiger partial charge is 0.492 e. The zero-order chi connectivity index (χ0) is 17.6. The van der Waals surface area contributed by atoms with E-state index < -0.39 is 0 Å². The highest BCUT2D eigenvalue weighted by molar-refractivity contribution is 6.35. The van der Waals surface area contributed by atoms with Gasteiger partial charge in [-0.15, -0.1) is 0 Å². The zero-order valence-corrected chi connectivity index (χ0v) is 15.4. The van der Waals surface area contributed by atoms with Crippen LogP contribution in [0.5, 0.6) is 5.75 Å². The minimum Gasteiger partial charge on any atom is -0.492 e. The Balaban J connectivity index is 1.36. The summed E-state index contributed by atoms with van der Waals surface area (Å²) in [7, 11) is 0. The maximum atomic E-state index is 11.9. The Morgan fingerprint density at radius 3 is 3.00 bits per heavy atom. The number of hydrogen-bond donors (Lipinski definition) is 1. The maximum absolute atomic E-state index is 11.9. The number of carbonyl (C=O) groups excluding carboxylic acids is 1. The number of nitrogens with one attached hydrogen (secondary N) is 1. The van der Waals surface area contributed by atoms with E-state index >= 15 is 0 Å². The van der Waals surface area contributed by atoms with Gasteiger partial charge in [0.05, 0.1) is 23.9 Å². The van der Waals surface area contributed by atoms with Crippen LogP contribution in [0.3, 0.4) is 0 Å². The molecule has 7 heteroatoms. The van der Waals surface area contributed by atoms with Crippen molar-refractivity contribution >= 4 is 29.1 Å². The third-order valence-electron chi connectivity index (χ3n) is 4.12. The summed E-state index contributed by atoms with van der Waals surface area (Å²) in [6.07, 6.45) is 6.48. The van der Waals surface area contributed by atoms with Crippen molar-refractivity contribution in [2.24, 2.45) is 0 Å². The Labute approximate surface area is 157 Å². The van der Waals surface area contributed by atoms with Crippen LogP contribution in [0.1, 0.15) is 37.2 Å². The Bertz CT molecular complexity index is 722. The molecular weight excluding hydrogens is 361 g/mol. The first-order chi connectivity index (χ1) is 12.1. The molecule has 1 aromatic carbocycles. The smallest absolute Gasteiger partial charge is 0.220 e. The molecule has 3 rings (SSSR count). The number of fused-ring (bicyclic) bond motifs is 1. The summed E-state index contributed by atoms with van der Waals surface area (Å²) in [6, 6.07) is 5.08. The lowest BCUT2D eigenvalue weighted by atomic mass is 10.2. The molecule has 0 spiro atoms. The van der Waals surface area contributed by atoms with E-state index in [0.717, 1.165) is 24.5 Å². The molecule has 2 heterocycles. The monoisotopic (exact) mass is 381 g/mol. The summed E-state index contributed by atoms with van der Waals surface area (Å²) in [5, 5.41) is 3.95. The Kier molecular flexibility index (Phi) is 6.21. The Morgan fingerprint density at radius 1 is 1.32 bits per heavy atom. The molecular formula is C18H21Cl2N3O2. The number of amides is 1. The molecule has 1 N–H and O–H groups in total. The summed E-state index contributed by atoms with van der Waals surface area (Å²) in [5.74, 6) is 1.70. The van der Waals surface area contributed by atoms with E-state index in [1.165, 1.54) is 12.8 Å². The van der Waals surface area contributed by atoms with Gasteiger partial charge in [0.2, 0.25) is 5.91 Å². The number of aryl methyl sites for hydroxylation is 2. The first-order valence-corrected chi connectivity index (χ1v) is 9.27.